The van der Waals surface area contributed by atoms with Crippen molar-refractivity contribution >= 4 is 34.4 Å². The van der Waals surface area contributed by atoms with Crippen molar-refractivity contribution in [3.63, 3.8) is 0 Å². The van der Waals surface area contributed by atoms with Gasteiger partial charge in [0.25, 0.3) is 18.2 Å². The van der Waals surface area contributed by atoms with E-state index in [4.69, 9.17) is 11.6 Å². The summed E-state index contributed by atoms with van der Waals surface area (Å²) >= 11 is 5.87. The molecule has 0 radical (unpaired) electrons. The predicted molar refractivity (Wildman–Crippen MR) is 146 cm³/mol. The van der Waals surface area contributed by atoms with Crippen molar-refractivity contribution in [3.8, 4) is 5.69 Å². The molecule has 0 bridgehead atoms. The zero-order valence-corrected chi connectivity index (χ0v) is 22.7. The van der Waals surface area contributed by atoms with Crippen LogP contribution in [0.25, 0.3) is 16.7 Å². The molecule has 0 atom stereocenters. The van der Waals surface area contributed by atoms with Crippen LogP contribution >= 0.6 is 11.6 Å². The number of para-hydroxylation sites is 1. The summed E-state index contributed by atoms with van der Waals surface area (Å²) in [5.41, 5.74) is -0.304. The Morgan fingerprint density at radius 3 is 2.49 bits per heavy atom. The lowest BCUT2D eigenvalue weighted by molar-refractivity contribution is 0.0903. The average molecular weight is 587 g/mol. The lowest BCUT2D eigenvalue weighted by atomic mass is 9.85. The fourth-order valence-electron chi connectivity index (χ4n) is 5.28. The van der Waals surface area contributed by atoms with Gasteiger partial charge in [0.15, 0.2) is 0 Å². The first kappa shape index (κ1) is 28.3. The smallest absolute Gasteiger partial charge is 0.333 e. The minimum absolute atomic E-state index is 0.0568. The number of aromatic nitrogens is 4. The first-order valence-corrected chi connectivity index (χ1v) is 13.4. The highest BCUT2D eigenvalue weighted by Gasteiger charge is 2.28. The Kier molecular flexibility index (Phi) is 8.11. The highest BCUT2D eigenvalue weighted by molar-refractivity contribution is 6.30. The molecule has 3 aromatic heterocycles. The van der Waals surface area contributed by atoms with Gasteiger partial charge in [-0.1, -0.05) is 17.7 Å². The lowest BCUT2D eigenvalue weighted by Gasteiger charge is -2.29. The van der Waals surface area contributed by atoms with Gasteiger partial charge in [-0.2, -0.15) is 0 Å². The Bertz CT molecular complexity index is 1660. The fraction of sp³-hybridized carbons (Fsp3) is 0.321. The number of amides is 2. The van der Waals surface area contributed by atoms with Crippen molar-refractivity contribution in [2.45, 2.75) is 44.7 Å². The van der Waals surface area contributed by atoms with Gasteiger partial charge in [-0.3, -0.25) is 23.7 Å². The molecule has 41 heavy (non-hydrogen) atoms. The second kappa shape index (κ2) is 11.7. The van der Waals surface area contributed by atoms with Crippen LogP contribution in [0.5, 0.6) is 0 Å². The summed E-state index contributed by atoms with van der Waals surface area (Å²) in [6.45, 7) is 0.323. The van der Waals surface area contributed by atoms with E-state index < -0.39 is 29.5 Å². The van der Waals surface area contributed by atoms with Crippen LogP contribution in [0, 0.1) is 11.7 Å². The molecule has 5 rings (SSSR count). The number of alkyl halides is 2. The third-order valence-corrected chi connectivity index (χ3v) is 7.53. The Hall–Kier alpha value is -4.19. The minimum atomic E-state index is -2.92. The maximum atomic E-state index is 15.0. The third kappa shape index (κ3) is 5.69. The van der Waals surface area contributed by atoms with Gasteiger partial charge in [-0.15, -0.1) is 0 Å². The number of halogens is 4. The van der Waals surface area contributed by atoms with Crippen molar-refractivity contribution in [3.05, 3.63) is 87.1 Å². The van der Waals surface area contributed by atoms with Crippen LogP contribution in [0.1, 0.15) is 58.6 Å². The number of nitrogens with one attached hydrogen (secondary N) is 2. The largest absolute Gasteiger partial charge is 0.354 e. The van der Waals surface area contributed by atoms with Gasteiger partial charge < -0.3 is 10.6 Å². The average Bonchev–Trinajstić information content (AvgIpc) is 3.25. The van der Waals surface area contributed by atoms with E-state index in [0.29, 0.717) is 43.4 Å². The minimum Gasteiger partial charge on any atom is -0.354 e. The number of fused-ring (bicyclic) bond motifs is 1. The molecule has 1 aliphatic carbocycles. The molecule has 1 fully saturated rings. The molecule has 0 spiro atoms. The molecule has 4 aromatic rings. The molecule has 1 aliphatic rings. The third-order valence-electron chi connectivity index (χ3n) is 7.33. The molecule has 0 unspecified atom stereocenters. The first-order valence-electron chi connectivity index (χ1n) is 13.0. The Morgan fingerprint density at radius 1 is 1.07 bits per heavy atom. The van der Waals surface area contributed by atoms with E-state index in [9.17, 15) is 23.2 Å². The molecule has 214 valence electrons. The zero-order valence-electron chi connectivity index (χ0n) is 21.9. The second-order valence-corrected chi connectivity index (χ2v) is 10.3. The van der Waals surface area contributed by atoms with Crippen molar-refractivity contribution in [1.82, 2.24) is 29.7 Å². The maximum Gasteiger partial charge on any atom is 0.333 e. The molecule has 13 heteroatoms. The maximum absolute atomic E-state index is 15.0. The summed E-state index contributed by atoms with van der Waals surface area (Å²) in [6, 6.07) is 8.42. The zero-order chi connectivity index (χ0) is 29.3. The molecule has 3 heterocycles. The summed E-state index contributed by atoms with van der Waals surface area (Å²) < 4.78 is 44.5. The van der Waals surface area contributed by atoms with E-state index in [-0.39, 0.29) is 39.7 Å². The molecular weight excluding hydrogens is 561 g/mol. The van der Waals surface area contributed by atoms with Gasteiger partial charge in [0.2, 0.25) is 0 Å². The van der Waals surface area contributed by atoms with Gasteiger partial charge in [0.05, 0.1) is 28.0 Å². The summed E-state index contributed by atoms with van der Waals surface area (Å²) in [4.78, 5) is 45.9. The summed E-state index contributed by atoms with van der Waals surface area (Å²) in [6.07, 6.45) is 1.95. The Balaban J connectivity index is 1.33. The molecule has 2 amide bonds. The van der Waals surface area contributed by atoms with Crippen molar-refractivity contribution in [2.75, 3.05) is 7.05 Å². The molecule has 1 aromatic carbocycles. The summed E-state index contributed by atoms with van der Waals surface area (Å²) in [5.74, 6) is -1.56. The fourth-order valence-corrected chi connectivity index (χ4v) is 5.43. The van der Waals surface area contributed by atoms with Crippen LogP contribution in [0.4, 0.5) is 13.2 Å². The molecule has 9 nitrogen and oxygen atoms in total. The van der Waals surface area contributed by atoms with Crippen LogP contribution in [0.15, 0.2) is 53.6 Å². The van der Waals surface area contributed by atoms with Gasteiger partial charge in [0.1, 0.15) is 22.7 Å². The van der Waals surface area contributed by atoms with Gasteiger partial charge >= 0.3 is 5.69 Å². The van der Waals surface area contributed by atoms with Crippen molar-refractivity contribution < 1.29 is 22.8 Å². The molecule has 0 saturated heterocycles. The molecule has 2 N–H and O–H groups in total. The number of hydrogen-bond acceptors (Lipinski definition) is 5. The number of pyridine rings is 2. The van der Waals surface area contributed by atoms with Gasteiger partial charge in [-0.05, 0) is 61.9 Å². The summed E-state index contributed by atoms with van der Waals surface area (Å²) in [7, 11) is 1.48. The van der Waals surface area contributed by atoms with E-state index in [0.717, 1.165) is 6.20 Å². The van der Waals surface area contributed by atoms with Crippen LogP contribution in [0.3, 0.4) is 0 Å². The molecular formula is C28H26ClF3N6O3. The summed E-state index contributed by atoms with van der Waals surface area (Å²) in [5, 5.41) is 5.37. The highest BCUT2D eigenvalue weighted by Crippen LogP contribution is 2.29. The number of rotatable bonds is 7. The van der Waals surface area contributed by atoms with Gasteiger partial charge in [-0.25, -0.2) is 22.9 Å². The van der Waals surface area contributed by atoms with E-state index >= 15 is 4.39 Å². The van der Waals surface area contributed by atoms with Crippen LogP contribution in [-0.4, -0.2) is 44.0 Å². The number of benzene rings is 1. The number of hydrogen-bond donors (Lipinski definition) is 2. The van der Waals surface area contributed by atoms with E-state index in [1.54, 1.807) is 6.07 Å². The quantitative estimate of drug-likeness (QED) is 0.327. The first-order chi connectivity index (χ1) is 19.7. The van der Waals surface area contributed by atoms with Crippen LogP contribution in [0.2, 0.25) is 5.02 Å². The second-order valence-electron chi connectivity index (χ2n) is 9.90. The SMILES string of the molecule is CNC(=O)c1ccc(-n2c(=O)n(CC3CCC(NC(=O)c4cc(Cl)cnc4C(F)F)CC3)c3cccc(F)c32)cn1. The van der Waals surface area contributed by atoms with Crippen LogP contribution < -0.4 is 16.3 Å². The van der Waals surface area contributed by atoms with Crippen molar-refractivity contribution in [1.29, 1.82) is 0 Å². The normalized spacial score (nSPS) is 17.1. The number of nitrogens with zero attached hydrogens (tertiary/aromatic N) is 4. The Morgan fingerprint density at radius 2 is 1.83 bits per heavy atom. The number of imidazole rings is 1. The van der Waals surface area contributed by atoms with E-state index in [2.05, 4.69) is 20.6 Å². The van der Waals surface area contributed by atoms with E-state index in [1.807, 2.05) is 0 Å². The predicted octanol–water partition coefficient (Wildman–Crippen LogP) is 4.66. The monoisotopic (exact) mass is 586 g/mol. The Labute approximate surface area is 237 Å². The topological polar surface area (TPSA) is 111 Å². The van der Waals surface area contributed by atoms with Gasteiger partial charge in [0, 0.05) is 25.8 Å². The lowest BCUT2D eigenvalue weighted by Crippen LogP contribution is -2.39. The molecule has 1 saturated carbocycles. The standard InChI is InChI=1S/C28H26ClF3N6O3/c1-33-27(40)21-10-9-18(13-34-21)38-24-20(30)3-2-4-22(24)37(28(38)41)14-15-5-7-17(8-6-15)36-26(39)19-11-16(29)12-35-23(19)25(31)32/h2-4,9-13,15,17,25H,5-8,14H2,1H3,(H,33,40)(H,36,39). The number of carbonyl (C=O) groups is 2. The highest BCUT2D eigenvalue weighted by atomic mass is 35.5. The van der Waals surface area contributed by atoms with Crippen LogP contribution in [-0.2, 0) is 6.54 Å². The molecule has 0 aliphatic heterocycles. The van der Waals surface area contributed by atoms with Crippen molar-refractivity contribution in [2.24, 2.45) is 5.92 Å². The van der Waals surface area contributed by atoms with E-state index in [1.165, 1.54) is 52.7 Å². The number of carbonyl (C=O) groups excluding carboxylic acids is 2.